The summed E-state index contributed by atoms with van der Waals surface area (Å²) in [4.78, 5) is 26.2. The van der Waals surface area contributed by atoms with E-state index in [9.17, 15) is 27.2 Å². The molecular formula is C24H21F4N5O4. The summed E-state index contributed by atoms with van der Waals surface area (Å²) in [5.74, 6) is -2.13. The van der Waals surface area contributed by atoms with Crippen molar-refractivity contribution < 1.29 is 36.6 Å². The summed E-state index contributed by atoms with van der Waals surface area (Å²) in [5.41, 5.74) is -1.33. The fraction of sp³-hybridized carbons (Fsp3) is 0.375. The number of amides is 1. The normalized spacial score (nSPS) is 18.5. The van der Waals surface area contributed by atoms with Gasteiger partial charge in [-0.05, 0) is 60.0 Å². The van der Waals surface area contributed by atoms with Crippen LogP contribution in [0.1, 0.15) is 46.3 Å². The van der Waals surface area contributed by atoms with Crippen LogP contribution >= 0.6 is 0 Å². The van der Waals surface area contributed by atoms with E-state index in [-0.39, 0.29) is 47.1 Å². The number of anilines is 1. The van der Waals surface area contributed by atoms with Crippen molar-refractivity contribution in [3.63, 3.8) is 0 Å². The summed E-state index contributed by atoms with van der Waals surface area (Å²) in [6.07, 6.45) is -3.98. The number of carbonyl (C=O) groups is 2. The predicted molar refractivity (Wildman–Crippen MR) is 120 cm³/mol. The summed E-state index contributed by atoms with van der Waals surface area (Å²) >= 11 is 0. The number of aromatic amines is 1. The fourth-order valence-corrected chi connectivity index (χ4v) is 4.48. The maximum Gasteiger partial charge on any atom is 0.416 e. The van der Waals surface area contributed by atoms with Gasteiger partial charge < -0.3 is 14.8 Å². The molecule has 0 radical (unpaired) electrons. The number of benzene rings is 2. The summed E-state index contributed by atoms with van der Waals surface area (Å²) < 4.78 is 64.3. The fourth-order valence-electron chi connectivity index (χ4n) is 4.48. The molecule has 0 spiro atoms. The molecule has 1 aromatic heterocycles. The third-order valence-corrected chi connectivity index (χ3v) is 6.56. The number of aryl methyl sites for hydroxylation is 1. The molecule has 2 fully saturated rings. The van der Waals surface area contributed by atoms with Crippen LogP contribution in [0, 0.1) is 12.7 Å². The Bertz CT molecular complexity index is 1350. The Morgan fingerprint density at radius 1 is 1.22 bits per heavy atom. The van der Waals surface area contributed by atoms with Crippen LogP contribution < -0.4 is 5.32 Å². The molecule has 1 aliphatic heterocycles. The van der Waals surface area contributed by atoms with Crippen LogP contribution in [0.15, 0.2) is 30.3 Å². The lowest BCUT2D eigenvalue weighted by Gasteiger charge is -2.19. The second-order valence-corrected chi connectivity index (χ2v) is 9.09. The number of halogens is 4. The molecule has 0 bridgehead atoms. The van der Waals surface area contributed by atoms with E-state index in [0.717, 1.165) is 12.1 Å². The number of esters is 1. The van der Waals surface area contributed by atoms with Crippen LogP contribution in [0.2, 0.25) is 0 Å². The van der Waals surface area contributed by atoms with Crippen molar-refractivity contribution in [3.05, 3.63) is 58.4 Å². The lowest BCUT2D eigenvalue weighted by molar-refractivity contribution is -0.137. The van der Waals surface area contributed by atoms with Gasteiger partial charge in [-0.15, -0.1) is 5.10 Å². The lowest BCUT2D eigenvalue weighted by atomic mass is 9.92. The van der Waals surface area contributed by atoms with Gasteiger partial charge in [-0.1, -0.05) is 6.07 Å². The van der Waals surface area contributed by atoms with Gasteiger partial charge in [-0.2, -0.15) is 13.2 Å². The molecule has 5 rings (SSSR count). The van der Waals surface area contributed by atoms with E-state index < -0.39 is 34.8 Å². The Kier molecular flexibility index (Phi) is 6.18. The molecule has 13 heteroatoms. The zero-order valence-corrected chi connectivity index (χ0v) is 19.5. The van der Waals surface area contributed by atoms with Crippen LogP contribution in [-0.2, 0) is 25.9 Å². The third kappa shape index (κ3) is 4.78. The first-order valence-corrected chi connectivity index (χ1v) is 11.4. The number of ether oxygens (including phenoxy) is 2. The van der Waals surface area contributed by atoms with Gasteiger partial charge in [-0.25, -0.2) is 14.3 Å². The first-order chi connectivity index (χ1) is 17.6. The van der Waals surface area contributed by atoms with Crippen LogP contribution in [0.25, 0.3) is 11.4 Å². The van der Waals surface area contributed by atoms with E-state index in [0.29, 0.717) is 31.3 Å². The largest absolute Gasteiger partial charge is 0.456 e. The molecule has 1 atom stereocenters. The topological polar surface area (TPSA) is 119 Å². The van der Waals surface area contributed by atoms with Crippen molar-refractivity contribution in [1.82, 2.24) is 20.6 Å². The standard InChI is InChI=1S/C24H21F4N5O4/c1-12-8-14(10-16(20-30-32-33-31-20)19(12)21(34)37-15-4-7-36-11-15)29-22(35)23(5-6-23)17-3-2-13(9-18(17)25)24(26,27)28/h2-3,8-10,15H,4-7,11H2,1H3,(H,29,35)(H,30,31,32,33)/t15-/m0/s1. The molecule has 1 amide bonds. The lowest BCUT2D eigenvalue weighted by Crippen LogP contribution is -2.29. The number of aromatic nitrogens is 4. The highest BCUT2D eigenvalue weighted by atomic mass is 19.4. The van der Waals surface area contributed by atoms with Crippen LogP contribution in [0.5, 0.6) is 0 Å². The first kappa shape index (κ1) is 24.8. The number of nitrogens with one attached hydrogen (secondary N) is 2. The Morgan fingerprint density at radius 3 is 2.59 bits per heavy atom. The Hall–Kier alpha value is -3.87. The van der Waals surface area contributed by atoms with Gasteiger partial charge in [0, 0.05) is 23.2 Å². The van der Waals surface area contributed by atoms with Gasteiger partial charge in [-0.3, -0.25) is 4.79 Å². The molecule has 1 saturated carbocycles. The van der Waals surface area contributed by atoms with E-state index >= 15 is 0 Å². The molecule has 37 heavy (non-hydrogen) atoms. The zero-order chi connectivity index (χ0) is 26.4. The van der Waals surface area contributed by atoms with Crippen molar-refractivity contribution >= 4 is 17.6 Å². The van der Waals surface area contributed by atoms with Gasteiger partial charge in [0.25, 0.3) is 0 Å². The average Bonchev–Trinajstić information content (AvgIpc) is 3.19. The Labute approximate surface area is 207 Å². The SMILES string of the molecule is Cc1cc(NC(=O)C2(c3ccc(C(F)(F)F)cc3F)CC2)cc(-c2nnn[nH]2)c1C(=O)O[C@H]1CCOC1. The highest BCUT2D eigenvalue weighted by Gasteiger charge is 2.53. The van der Waals surface area contributed by atoms with Crippen molar-refractivity contribution in [2.45, 2.75) is 43.9 Å². The second-order valence-electron chi connectivity index (χ2n) is 9.09. The average molecular weight is 519 g/mol. The van der Waals surface area contributed by atoms with Crippen LogP contribution in [0.4, 0.5) is 23.2 Å². The van der Waals surface area contributed by atoms with E-state index in [1.807, 2.05) is 0 Å². The van der Waals surface area contributed by atoms with Crippen molar-refractivity contribution in [3.8, 4) is 11.4 Å². The summed E-state index contributed by atoms with van der Waals surface area (Å²) in [7, 11) is 0. The van der Waals surface area contributed by atoms with E-state index in [1.54, 1.807) is 13.0 Å². The van der Waals surface area contributed by atoms with E-state index in [4.69, 9.17) is 9.47 Å². The van der Waals surface area contributed by atoms with Gasteiger partial charge in [0.15, 0.2) is 5.82 Å². The third-order valence-electron chi connectivity index (χ3n) is 6.56. The molecule has 9 nitrogen and oxygen atoms in total. The maximum atomic E-state index is 14.7. The molecule has 2 aliphatic rings. The summed E-state index contributed by atoms with van der Waals surface area (Å²) in [6, 6.07) is 5.20. The first-order valence-electron chi connectivity index (χ1n) is 11.4. The van der Waals surface area contributed by atoms with Crippen LogP contribution in [0.3, 0.4) is 0 Å². The minimum atomic E-state index is -4.70. The summed E-state index contributed by atoms with van der Waals surface area (Å²) in [5, 5.41) is 16.3. The number of hydrogen-bond acceptors (Lipinski definition) is 7. The van der Waals surface area contributed by atoms with Crippen molar-refractivity contribution in [2.75, 3.05) is 18.5 Å². The van der Waals surface area contributed by atoms with Crippen molar-refractivity contribution in [2.24, 2.45) is 0 Å². The monoisotopic (exact) mass is 519 g/mol. The molecule has 1 saturated heterocycles. The van der Waals surface area contributed by atoms with Gasteiger partial charge in [0.2, 0.25) is 5.91 Å². The molecular weight excluding hydrogens is 498 g/mol. The smallest absolute Gasteiger partial charge is 0.416 e. The minimum absolute atomic E-state index is 0.103. The number of rotatable bonds is 6. The number of nitrogens with zero attached hydrogens (tertiary/aromatic N) is 3. The number of H-pyrrole nitrogens is 1. The van der Waals surface area contributed by atoms with E-state index in [2.05, 4.69) is 25.9 Å². The molecule has 2 heterocycles. The van der Waals surface area contributed by atoms with Gasteiger partial charge >= 0.3 is 12.1 Å². The van der Waals surface area contributed by atoms with Crippen LogP contribution in [-0.4, -0.2) is 51.8 Å². The molecule has 1 aliphatic carbocycles. The van der Waals surface area contributed by atoms with Crippen molar-refractivity contribution in [1.29, 1.82) is 0 Å². The highest BCUT2D eigenvalue weighted by Crippen LogP contribution is 2.50. The second kappa shape index (κ2) is 9.21. The number of carbonyl (C=O) groups excluding carboxylic acids is 2. The number of tetrazole rings is 1. The quantitative estimate of drug-likeness (QED) is 0.374. The highest BCUT2D eigenvalue weighted by molar-refractivity contribution is 6.04. The molecule has 2 N–H and O–H groups in total. The number of hydrogen-bond donors (Lipinski definition) is 2. The van der Waals surface area contributed by atoms with Gasteiger partial charge in [0.05, 0.1) is 29.8 Å². The minimum Gasteiger partial charge on any atom is -0.456 e. The summed E-state index contributed by atoms with van der Waals surface area (Å²) in [6.45, 7) is 2.43. The molecule has 0 unspecified atom stereocenters. The Morgan fingerprint density at radius 2 is 2.00 bits per heavy atom. The molecule has 2 aromatic carbocycles. The van der Waals surface area contributed by atoms with E-state index in [1.165, 1.54) is 6.07 Å². The molecule has 194 valence electrons. The van der Waals surface area contributed by atoms with Gasteiger partial charge in [0.1, 0.15) is 11.9 Å². The Balaban J connectivity index is 1.44. The predicted octanol–water partition coefficient (Wildman–Crippen LogP) is 3.95. The maximum absolute atomic E-state index is 14.7. The number of alkyl halides is 3. The molecule has 3 aromatic rings. The zero-order valence-electron chi connectivity index (χ0n) is 19.5.